The number of nitrogens with one attached hydrogen (secondary N) is 1. The Morgan fingerprint density at radius 2 is 1.46 bits per heavy atom. The molecule has 1 aliphatic carbocycles. The number of hydrogen-bond acceptors (Lipinski definition) is 5. The minimum Gasteiger partial charge on any atom is -0.448 e. The molecule has 184 valence electrons. The van der Waals surface area contributed by atoms with E-state index in [9.17, 15) is 26.7 Å². The Morgan fingerprint density at radius 1 is 0.838 bits per heavy atom. The van der Waals surface area contributed by atoms with Gasteiger partial charge in [-0.25, -0.2) is 13.2 Å². The molecule has 0 aliphatic heterocycles. The first-order valence-corrected chi connectivity index (χ1v) is 10.9. The zero-order valence-electron chi connectivity index (χ0n) is 18.8. The highest BCUT2D eigenvalue weighted by atomic mass is 19.2. The number of rotatable bonds is 4. The van der Waals surface area contributed by atoms with E-state index in [1.807, 2.05) is 19.1 Å². The average molecular weight is 508 g/mol. The van der Waals surface area contributed by atoms with Crippen LogP contribution in [0.4, 0.5) is 33.3 Å². The van der Waals surface area contributed by atoms with Crippen LogP contribution < -0.4 is 10.1 Å². The van der Waals surface area contributed by atoms with E-state index in [0.29, 0.717) is 16.8 Å². The quantitative estimate of drug-likeness (QED) is 0.151. The maximum Gasteiger partial charge on any atom is 0.207 e. The van der Waals surface area contributed by atoms with Crippen LogP contribution in [0, 0.1) is 36.0 Å². The molecule has 0 atom stereocenters. The van der Waals surface area contributed by atoms with E-state index >= 15 is 0 Å². The normalized spacial score (nSPS) is 12.1. The first kappa shape index (κ1) is 22.7. The number of hydrogen-bond donors (Lipinski definition) is 1. The zero-order chi connectivity index (χ0) is 26.0. The Labute approximate surface area is 205 Å². The summed E-state index contributed by atoms with van der Waals surface area (Å²) in [4.78, 5) is 13.6. The van der Waals surface area contributed by atoms with Gasteiger partial charge in [0.1, 0.15) is 0 Å². The maximum atomic E-state index is 14.4. The van der Waals surface area contributed by atoms with Crippen molar-refractivity contribution >= 4 is 28.1 Å². The number of anilines is 2. The lowest BCUT2D eigenvalue weighted by atomic mass is 9.86. The van der Waals surface area contributed by atoms with Crippen molar-refractivity contribution in [1.29, 1.82) is 0 Å². The molecule has 0 saturated heterocycles. The Kier molecular flexibility index (Phi) is 5.01. The van der Waals surface area contributed by atoms with Crippen molar-refractivity contribution < 1.29 is 36.0 Å². The Morgan fingerprint density at radius 3 is 2.14 bits per heavy atom. The third kappa shape index (κ3) is 3.36. The van der Waals surface area contributed by atoms with Crippen LogP contribution in [0.25, 0.3) is 22.2 Å². The molecule has 0 fully saturated rings. The predicted octanol–water partition coefficient (Wildman–Crippen LogP) is 7.58. The van der Waals surface area contributed by atoms with Crippen LogP contribution >= 0.6 is 0 Å². The molecule has 5 nitrogen and oxygen atoms in total. The van der Waals surface area contributed by atoms with Gasteiger partial charge in [0.2, 0.25) is 34.8 Å². The van der Waals surface area contributed by atoms with Gasteiger partial charge in [0.25, 0.3) is 0 Å². The first-order chi connectivity index (χ1) is 17.8. The van der Waals surface area contributed by atoms with Crippen LogP contribution in [0.5, 0.6) is 11.5 Å². The molecule has 4 aromatic carbocycles. The first-order valence-electron chi connectivity index (χ1n) is 10.9. The molecule has 1 aromatic heterocycles. The van der Waals surface area contributed by atoms with Gasteiger partial charge in [-0.2, -0.15) is 8.78 Å². The summed E-state index contributed by atoms with van der Waals surface area (Å²) in [5.41, 5.74) is 2.48. The summed E-state index contributed by atoms with van der Waals surface area (Å²) < 4.78 is 80.8. The van der Waals surface area contributed by atoms with E-state index in [4.69, 9.17) is 9.26 Å². The van der Waals surface area contributed by atoms with Crippen molar-refractivity contribution in [3.8, 4) is 22.8 Å². The SMILES string of the molecule is Cc1ccc(Nc2cc(Oc3c(F)c(F)c(F)c(F)c3F)c3noc4c3c2C(=O)c2ccccc2-4)cc1. The van der Waals surface area contributed by atoms with Gasteiger partial charge in [0.15, 0.2) is 22.8 Å². The van der Waals surface area contributed by atoms with Crippen LogP contribution in [0.1, 0.15) is 21.5 Å². The van der Waals surface area contributed by atoms with E-state index < -0.39 is 40.6 Å². The van der Waals surface area contributed by atoms with Crippen molar-refractivity contribution in [2.45, 2.75) is 6.92 Å². The largest absolute Gasteiger partial charge is 0.448 e. The van der Waals surface area contributed by atoms with Gasteiger partial charge in [0.05, 0.1) is 16.6 Å². The number of aryl methyl sites for hydroxylation is 1. The van der Waals surface area contributed by atoms with E-state index in [1.54, 1.807) is 36.4 Å². The highest BCUT2D eigenvalue weighted by molar-refractivity contribution is 6.28. The van der Waals surface area contributed by atoms with Gasteiger partial charge in [-0.15, -0.1) is 0 Å². The molecule has 0 spiro atoms. The molecule has 6 rings (SSSR count). The third-order valence-corrected chi connectivity index (χ3v) is 6.08. The standard InChI is InChI=1S/C27H13F5N2O3/c1-11-6-8-12(9-7-11)33-15-10-16(36-27-22(31)20(29)19(28)21(30)23(27)32)24-18-17(15)25(35)13-4-2-3-5-14(13)26(18)37-34-24/h2-10,33H,1H3. The molecule has 0 amide bonds. The fourth-order valence-corrected chi connectivity index (χ4v) is 4.28. The number of carbonyl (C=O) groups excluding carboxylic acids is 1. The summed E-state index contributed by atoms with van der Waals surface area (Å²) in [5.74, 6) is -13.0. The third-order valence-electron chi connectivity index (χ3n) is 6.08. The van der Waals surface area contributed by atoms with Gasteiger partial charge < -0.3 is 14.6 Å². The number of benzene rings is 4. The van der Waals surface area contributed by atoms with Crippen molar-refractivity contribution in [3.63, 3.8) is 0 Å². The Hall–Kier alpha value is -4.73. The summed E-state index contributed by atoms with van der Waals surface area (Å²) in [7, 11) is 0. The highest BCUT2D eigenvalue weighted by Crippen LogP contribution is 2.47. The zero-order valence-corrected chi connectivity index (χ0v) is 18.8. The smallest absolute Gasteiger partial charge is 0.207 e. The van der Waals surface area contributed by atoms with Crippen molar-refractivity contribution in [2.24, 2.45) is 0 Å². The summed E-state index contributed by atoms with van der Waals surface area (Å²) in [6.45, 7) is 1.89. The fraction of sp³-hybridized carbons (Fsp3) is 0.0370. The van der Waals surface area contributed by atoms with E-state index in [0.717, 1.165) is 5.56 Å². The lowest BCUT2D eigenvalue weighted by Crippen LogP contribution is -2.12. The highest BCUT2D eigenvalue weighted by Gasteiger charge is 2.34. The van der Waals surface area contributed by atoms with Crippen LogP contribution in [0.2, 0.25) is 0 Å². The van der Waals surface area contributed by atoms with E-state index in [2.05, 4.69) is 10.5 Å². The summed E-state index contributed by atoms with van der Waals surface area (Å²) in [6.07, 6.45) is 0. The molecule has 0 radical (unpaired) electrons. The molecular formula is C27H13F5N2O3. The number of ketones is 1. The van der Waals surface area contributed by atoms with Gasteiger partial charge in [-0.1, -0.05) is 47.1 Å². The molecule has 1 aliphatic rings. The maximum absolute atomic E-state index is 14.4. The van der Waals surface area contributed by atoms with Crippen LogP contribution in [0.3, 0.4) is 0 Å². The monoisotopic (exact) mass is 508 g/mol. The second kappa shape index (κ2) is 8.16. The minimum atomic E-state index is -2.31. The van der Waals surface area contributed by atoms with Crippen LogP contribution in [0.15, 0.2) is 59.1 Å². The number of nitrogens with zero attached hydrogens (tertiary/aromatic N) is 1. The molecule has 0 saturated carbocycles. The van der Waals surface area contributed by atoms with Gasteiger partial charge in [-0.05, 0) is 19.1 Å². The molecule has 5 aromatic rings. The second-order valence-electron chi connectivity index (χ2n) is 8.40. The lowest BCUT2D eigenvalue weighted by Gasteiger charge is -2.19. The number of aromatic nitrogens is 1. The molecule has 1 heterocycles. The molecule has 10 heteroatoms. The predicted molar refractivity (Wildman–Crippen MR) is 124 cm³/mol. The number of fused-ring (bicyclic) bond motifs is 2. The molecule has 37 heavy (non-hydrogen) atoms. The van der Waals surface area contributed by atoms with Crippen LogP contribution in [-0.2, 0) is 0 Å². The van der Waals surface area contributed by atoms with Gasteiger partial charge >= 0.3 is 0 Å². The van der Waals surface area contributed by atoms with Crippen molar-refractivity contribution in [2.75, 3.05) is 5.32 Å². The summed E-state index contributed by atoms with van der Waals surface area (Å²) >= 11 is 0. The minimum absolute atomic E-state index is 0.133. The average Bonchev–Trinajstić information content (AvgIpc) is 3.35. The van der Waals surface area contributed by atoms with E-state index in [1.165, 1.54) is 6.07 Å². The Balaban J connectivity index is 1.61. The van der Waals surface area contributed by atoms with Crippen molar-refractivity contribution in [1.82, 2.24) is 5.16 Å². The second-order valence-corrected chi connectivity index (χ2v) is 8.40. The summed E-state index contributed by atoms with van der Waals surface area (Å²) in [5, 5.41) is 7.16. The van der Waals surface area contributed by atoms with E-state index in [-0.39, 0.29) is 33.7 Å². The van der Waals surface area contributed by atoms with Crippen molar-refractivity contribution in [3.05, 3.63) is 100 Å². The molecule has 0 unspecified atom stereocenters. The summed E-state index contributed by atoms with van der Waals surface area (Å²) in [6, 6.07) is 15.0. The van der Waals surface area contributed by atoms with Crippen LogP contribution in [-0.4, -0.2) is 10.9 Å². The number of halogens is 5. The van der Waals surface area contributed by atoms with Gasteiger partial charge in [-0.3, -0.25) is 4.79 Å². The molecule has 0 bridgehead atoms. The Bertz CT molecular complexity index is 1730. The fourth-order valence-electron chi connectivity index (χ4n) is 4.28. The number of carbonyl (C=O) groups is 1. The number of ether oxygens (including phenoxy) is 1. The van der Waals surface area contributed by atoms with Gasteiger partial charge in [0, 0.05) is 22.9 Å². The molecular weight excluding hydrogens is 495 g/mol. The lowest BCUT2D eigenvalue weighted by molar-refractivity contribution is 0.104. The topological polar surface area (TPSA) is 64.4 Å². The molecule has 1 N–H and O–H groups in total.